The minimum Gasteiger partial charge on any atom is -0.480 e. The normalized spacial score (nSPS) is 29.3. The average molecular weight is 270 g/mol. The molecule has 0 aromatic rings. The van der Waals surface area contributed by atoms with Crippen molar-refractivity contribution < 1.29 is 24.2 Å². The van der Waals surface area contributed by atoms with Crippen molar-refractivity contribution >= 4 is 17.8 Å². The molecule has 0 aromatic heterocycles. The summed E-state index contributed by atoms with van der Waals surface area (Å²) < 4.78 is 5.14. The zero-order chi connectivity index (χ0) is 14.2. The van der Waals surface area contributed by atoms with E-state index >= 15 is 0 Å². The molecule has 0 spiro atoms. The van der Waals surface area contributed by atoms with Crippen molar-refractivity contribution in [2.24, 2.45) is 0 Å². The Bertz CT molecular complexity index is 409. The highest BCUT2D eigenvalue weighted by Crippen LogP contribution is 2.24. The van der Waals surface area contributed by atoms with Crippen LogP contribution in [0.2, 0.25) is 0 Å². The number of nitrogens with zero attached hydrogens (tertiary/aromatic N) is 2. The molecule has 2 amide bonds. The van der Waals surface area contributed by atoms with Crippen molar-refractivity contribution in [3.8, 4) is 0 Å². The second-order valence-corrected chi connectivity index (χ2v) is 5.08. The van der Waals surface area contributed by atoms with Gasteiger partial charge in [0.2, 0.25) is 11.8 Å². The number of likely N-dealkylation sites (tertiary alicyclic amines) is 1. The quantitative estimate of drug-likeness (QED) is 0.683. The first kappa shape index (κ1) is 14.0. The molecule has 0 saturated carbocycles. The van der Waals surface area contributed by atoms with E-state index in [1.807, 2.05) is 0 Å². The van der Waals surface area contributed by atoms with Gasteiger partial charge < -0.3 is 9.84 Å². The number of hydrogen-bond donors (Lipinski definition) is 1. The van der Waals surface area contributed by atoms with Crippen LogP contribution in [0.15, 0.2) is 0 Å². The van der Waals surface area contributed by atoms with Gasteiger partial charge in [-0.2, -0.15) is 0 Å². The predicted molar refractivity (Wildman–Crippen MR) is 64.3 cm³/mol. The molecule has 2 aliphatic heterocycles. The number of aliphatic carboxylic acids is 1. The lowest BCUT2D eigenvalue weighted by atomic mass is 10.1. The van der Waals surface area contributed by atoms with Gasteiger partial charge in [-0.1, -0.05) is 0 Å². The van der Waals surface area contributed by atoms with Crippen LogP contribution >= 0.6 is 0 Å². The summed E-state index contributed by atoms with van der Waals surface area (Å²) in [7, 11) is 0. The zero-order valence-electron chi connectivity index (χ0n) is 11.0. The highest BCUT2D eigenvalue weighted by atomic mass is 16.5. The van der Waals surface area contributed by atoms with Crippen LogP contribution in [0.4, 0.5) is 0 Å². The number of amides is 2. The molecule has 0 aromatic carbocycles. The summed E-state index contributed by atoms with van der Waals surface area (Å²) in [5, 5.41) is 9.16. The van der Waals surface area contributed by atoms with Crippen LogP contribution in [0.1, 0.15) is 20.3 Å². The Labute approximate surface area is 111 Å². The first-order chi connectivity index (χ1) is 8.93. The van der Waals surface area contributed by atoms with E-state index in [0.717, 1.165) is 0 Å². The topological polar surface area (TPSA) is 87.2 Å². The van der Waals surface area contributed by atoms with Gasteiger partial charge >= 0.3 is 5.97 Å². The maximum absolute atomic E-state index is 12.3. The lowest BCUT2D eigenvalue weighted by Crippen LogP contribution is -2.56. The van der Waals surface area contributed by atoms with Crippen LogP contribution in [0, 0.1) is 0 Å². The van der Waals surface area contributed by atoms with E-state index in [9.17, 15) is 14.4 Å². The molecule has 0 radical (unpaired) electrons. The van der Waals surface area contributed by atoms with Crippen molar-refractivity contribution in [3.05, 3.63) is 0 Å². The fourth-order valence-electron chi connectivity index (χ4n) is 2.64. The number of rotatable bonds is 3. The number of carbonyl (C=O) groups is 3. The van der Waals surface area contributed by atoms with E-state index in [1.54, 1.807) is 18.7 Å². The fourth-order valence-corrected chi connectivity index (χ4v) is 2.64. The van der Waals surface area contributed by atoms with Crippen molar-refractivity contribution in [3.63, 3.8) is 0 Å². The number of imide groups is 1. The Balaban J connectivity index is 2.19. The molecule has 2 rings (SSSR count). The van der Waals surface area contributed by atoms with Gasteiger partial charge in [-0.25, -0.2) is 0 Å². The van der Waals surface area contributed by atoms with E-state index < -0.39 is 18.1 Å². The van der Waals surface area contributed by atoms with Crippen LogP contribution in [-0.4, -0.2) is 70.6 Å². The molecule has 2 atom stereocenters. The van der Waals surface area contributed by atoms with Crippen LogP contribution in [0.5, 0.6) is 0 Å². The SMILES string of the molecule is CC(C)N1C(=O)CC(N2CCOCC2C(=O)O)C1=O. The molecule has 7 nitrogen and oxygen atoms in total. The van der Waals surface area contributed by atoms with Crippen LogP contribution in [0.25, 0.3) is 0 Å². The lowest BCUT2D eigenvalue weighted by molar-refractivity contribution is -0.153. The van der Waals surface area contributed by atoms with Gasteiger partial charge in [-0.3, -0.25) is 24.2 Å². The summed E-state index contributed by atoms with van der Waals surface area (Å²) in [6.07, 6.45) is 0.0563. The van der Waals surface area contributed by atoms with Gasteiger partial charge in [0, 0.05) is 12.6 Å². The molecule has 2 aliphatic rings. The van der Waals surface area contributed by atoms with E-state index in [-0.39, 0.29) is 30.9 Å². The van der Waals surface area contributed by atoms with Crippen molar-refractivity contribution in [2.75, 3.05) is 19.8 Å². The number of morpholine rings is 1. The maximum Gasteiger partial charge on any atom is 0.323 e. The van der Waals surface area contributed by atoms with Gasteiger partial charge in [0.1, 0.15) is 6.04 Å². The fraction of sp³-hybridized carbons (Fsp3) is 0.750. The molecule has 2 fully saturated rings. The maximum atomic E-state index is 12.3. The van der Waals surface area contributed by atoms with Gasteiger partial charge in [-0.05, 0) is 13.8 Å². The first-order valence-electron chi connectivity index (χ1n) is 6.35. The van der Waals surface area contributed by atoms with Crippen molar-refractivity contribution in [1.82, 2.24) is 9.80 Å². The molecular formula is C12H18N2O5. The Hall–Kier alpha value is -1.47. The Morgan fingerprint density at radius 1 is 1.42 bits per heavy atom. The molecule has 106 valence electrons. The Morgan fingerprint density at radius 2 is 2.11 bits per heavy atom. The third-order valence-electron chi connectivity index (χ3n) is 3.53. The summed E-state index contributed by atoms with van der Waals surface area (Å²) in [4.78, 5) is 38.1. The Kier molecular flexibility index (Phi) is 3.86. The van der Waals surface area contributed by atoms with Crippen molar-refractivity contribution in [2.45, 2.75) is 38.4 Å². The molecule has 19 heavy (non-hydrogen) atoms. The zero-order valence-corrected chi connectivity index (χ0v) is 11.0. The summed E-state index contributed by atoms with van der Waals surface area (Å²) in [6.45, 7) is 4.32. The van der Waals surface area contributed by atoms with Gasteiger partial charge in [-0.15, -0.1) is 0 Å². The number of carboxylic acid groups (broad SMARTS) is 1. The lowest BCUT2D eigenvalue weighted by Gasteiger charge is -2.36. The van der Waals surface area contributed by atoms with Crippen LogP contribution in [0.3, 0.4) is 0 Å². The highest BCUT2D eigenvalue weighted by molar-refractivity contribution is 6.06. The van der Waals surface area contributed by atoms with Crippen molar-refractivity contribution in [1.29, 1.82) is 0 Å². The monoisotopic (exact) mass is 270 g/mol. The Morgan fingerprint density at radius 3 is 2.63 bits per heavy atom. The number of carbonyl (C=O) groups excluding carboxylic acids is 2. The van der Waals surface area contributed by atoms with Crippen LogP contribution in [-0.2, 0) is 19.1 Å². The second kappa shape index (κ2) is 5.26. The minimum atomic E-state index is -1.03. The summed E-state index contributed by atoms with van der Waals surface area (Å²) >= 11 is 0. The summed E-state index contributed by atoms with van der Waals surface area (Å²) in [5.74, 6) is -1.56. The smallest absolute Gasteiger partial charge is 0.323 e. The van der Waals surface area contributed by atoms with E-state index in [2.05, 4.69) is 0 Å². The molecular weight excluding hydrogens is 252 g/mol. The minimum absolute atomic E-state index is 0.0506. The van der Waals surface area contributed by atoms with E-state index in [0.29, 0.717) is 13.2 Å². The molecule has 2 unspecified atom stereocenters. The molecule has 7 heteroatoms. The average Bonchev–Trinajstić information content (AvgIpc) is 2.64. The number of ether oxygens (including phenoxy) is 1. The standard InChI is InChI=1S/C12H18N2O5/c1-7(2)14-10(15)5-8(11(14)16)13-3-4-19-6-9(13)12(17)18/h7-9H,3-6H2,1-2H3,(H,17,18). The first-order valence-corrected chi connectivity index (χ1v) is 6.35. The van der Waals surface area contributed by atoms with Crippen LogP contribution < -0.4 is 0 Å². The number of hydrogen-bond acceptors (Lipinski definition) is 5. The third kappa shape index (κ3) is 2.48. The van der Waals surface area contributed by atoms with E-state index in [4.69, 9.17) is 9.84 Å². The van der Waals surface area contributed by atoms with Gasteiger partial charge in [0.25, 0.3) is 0 Å². The molecule has 0 bridgehead atoms. The predicted octanol–water partition coefficient (Wildman–Crippen LogP) is -0.692. The summed E-state index contributed by atoms with van der Waals surface area (Å²) in [6, 6.07) is -1.73. The largest absolute Gasteiger partial charge is 0.480 e. The van der Waals surface area contributed by atoms with Gasteiger partial charge in [0.15, 0.2) is 0 Å². The molecule has 1 N–H and O–H groups in total. The third-order valence-corrected chi connectivity index (χ3v) is 3.53. The molecule has 0 aliphatic carbocycles. The van der Waals surface area contributed by atoms with E-state index in [1.165, 1.54) is 4.90 Å². The second-order valence-electron chi connectivity index (χ2n) is 5.08. The highest BCUT2D eigenvalue weighted by Gasteiger charge is 2.46. The number of carboxylic acids is 1. The molecule has 2 heterocycles. The van der Waals surface area contributed by atoms with Gasteiger partial charge in [0.05, 0.1) is 25.7 Å². The summed E-state index contributed by atoms with van der Waals surface area (Å²) in [5.41, 5.74) is 0. The molecule has 2 saturated heterocycles.